The highest BCUT2D eigenvalue weighted by atomic mass is 16.5. The maximum absolute atomic E-state index is 5.62. The Hall–Kier alpha value is -1.46. The maximum atomic E-state index is 5.62. The second-order valence-corrected chi connectivity index (χ2v) is 3.83. The molecule has 1 aromatic rings. The van der Waals surface area contributed by atoms with Crippen molar-refractivity contribution < 1.29 is 4.74 Å². The summed E-state index contributed by atoms with van der Waals surface area (Å²) in [6, 6.07) is 8.55. The quantitative estimate of drug-likeness (QED) is 0.753. The first-order chi connectivity index (χ1) is 7.33. The van der Waals surface area contributed by atoms with Crippen LogP contribution in [-0.4, -0.2) is 19.2 Å². The number of fused-ring (bicyclic) bond motifs is 1. The topological polar surface area (TPSA) is 21.3 Å². The van der Waals surface area contributed by atoms with Gasteiger partial charge in [-0.3, -0.25) is 0 Å². The van der Waals surface area contributed by atoms with Gasteiger partial charge in [0.25, 0.3) is 0 Å². The highest BCUT2D eigenvalue weighted by molar-refractivity contribution is 5.40. The average molecular weight is 201 g/mol. The van der Waals surface area contributed by atoms with Crippen molar-refractivity contribution in [2.45, 2.75) is 18.9 Å². The Morgan fingerprint density at radius 1 is 1.60 bits per heavy atom. The van der Waals surface area contributed by atoms with Crippen LogP contribution in [0, 0.1) is 12.3 Å². The van der Waals surface area contributed by atoms with E-state index in [9.17, 15) is 0 Å². The molecular weight excluding hydrogens is 186 g/mol. The third-order valence-electron chi connectivity index (χ3n) is 2.87. The fourth-order valence-electron chi connectivity index (χ4n) is 1.96. The van der Waals surface area contributed by atoms with Crippen molar-refractivity contribution in [1.29, 1.82) is 0 Å². The van der Waals surface area contributed by atoms with E-state index in [1.165, 1.54) is 5.56 Å². The molecule has 0 saturated carbocycles. The highest BCUT2D eigenvalue weighted by Gasteiger charge is 2.27. The second-order valence-electron chi connectivity index (χ2n) is 3.83. The van der Waals surface area contributed by atoms with Crippen LogP contribution < -0.4 is 10.1 Å². The first-order valence-corrected chi connectivity index (χ1v) is 5.21. The first-order valence-electron chi connectivity index (χ1n) is 5.21. The minimum Gasteiger partial charge on any atom is -0.493 e. The summed E-state index contributed by atoms with van der Waals surface area (Å²) in [4.78, 5) is 0. The molecule has 1 aliphatic rings. The number of hydrogen-bond donors (Lipinski definition) is 1. The largest absolute Gasteiger partial charge is 0.493 e. The van der Waals surface area contributed by atoms with E-state index in [0.717, 1.165) is 12.4 Å². The summed E-state index contributed by atoms with van der Waals surface area (Å²) >= 11 is 0. The summed E-state index contributed by atoms with van der Waals surface area (Å²) in [7, 11) is 0. The molecule has 1 aliphatic heterocycles. The van der Waals surface area contributed by atoms with Crippen LogP contribution in [0.1, 0.15) is 18.4 Å². The lowest BCUT2D eigenvalue weighted by Crippen LogP contribution is -2.33. The summed E-state index contributed by atoms with van der Waals surface area (Å²) in [6.45, 7) is 3.51. The Kier molecular flexibility index (Phi) is 2.94. The Labute approximate surface area is 90.6 Å². The number of hydrogen-bond acceptors (Lipinski definition) is 2. The molecular formula is C13H15NO. The minimum atomic E-state index is 0.352. The molecule has 0 aliphatic carbocycles. The van der Waals surface area contributed by atoms with Crippen molar-refractivity contribution in [2.75, 3.05) is 13.2 Å². The van der Waals surface area contributed by atoms with Gasteiger partial charge in [0, 0.05) is 17.5 Å². The molecule has 2 atom stereocenters. The maximum Gasteiger partial charge on any atom is 0.122 e. The van der Waals surface area contributed by atoms with Crippen LogP contribution >= 0.6 is 0 Å². The van der Waals surface area contributed by atoms with Gasteiger partial charge in [-0.25, -0.2) is 0 Å². The standard InChI is InChI=1S/C13H15NO/c1-3-8-14-10(2)12-9-15-13-7-5-4-6-11(12)13/h1,4-7,10,12,14H,8-9H2,2H3/t10-,12+/m1/s1. The van der Waals surface area contributed by atoms with Gasteiger partial charge in [0.2, 0.25) is 0 Å². The zero-order chi connectivity index (χ0) is 10.7. The molecule has 0 fully saturated rings. The van der Waals surface area contributed by atoms with Crippen molar-refractivity contribution in [3.05, 3.63) is 29.8 Å². The molecule has 1 heterocycles. The summed E-state index contributed by atoms with van der Waals surface area (Å²) in [5.74, 6) is 4.02. The molecule has 15 heavy (non-hydrogen) atoms. The van der Waals surface area contributed by atoms with Crippen molar-refractivity contribution >= 4 is 0 Å². The van der Waals surface area contributed by atoms with Crippen molar-refractivity contribution in [3.8, 4) is 18.1 Å². The second kappa shape index (κ2) is 4.37. The summed E-state index contributed by atoms with van der Waals surface area (Å²) in [5, 5.41) is 3.30. The fraction of sp³-hybridized carbons (Fsp3) is 0.385. The Balaban J connectivity index is 2.10. The molecule has 0 amide bonds. The van der Waals surface area contributed by atoms with Crippen LogP contribution in [0.25, 0.3) is 0 Å². The van der Waals surface area contributed by atoms with E-state index in [0.29, 0.717) is 18.5 Å². The average Bonchev–Trinajstić information content (AvgIpc) is 2.69. The molecule has 1 aromatic carbocycles. The smallest absolute Gasteiger partial charge is 0.122 e. The molecule has 0 aromatic heterocycles. The molecule has 2 rings (SSSR count). The number of rotatable bonds is 3. The van der Waals surface area contributed by atoms with Gasteiger partial charge in [-0.1, -0.05) is 24.1 Å². The lowest BCUT2D eigenvalue weighted by atomic mass is 9.94. The van der Waals surface area contributed by atoms with Crippen molar-refractivity contribution in [3.63, 3.8) is 0 Å². The van der Waals surface area contributed by atoms with Crippen LogP contribution in [0.4, 0.5) is 0 Å². The number of para-hydroxylation sites is 1. The molecule has 1 N–H and O–H groups in total. The van der Waals surface area contributed by atoms with E-state index >= 15 is 0 Å². The van der Waals surface area contributed by atoms with Crippen LogP contribution in [0.5, 0.6) is 5.75 Å². The minimum absolute atomic E-state index is 0.352. The number of nitrogens with one attached hydrogen (secondary N) is 1. The van der Waals surface area contributed by atoms with Gasteiger partial charge in [-0.2, -0.15) is 0 Å². The fourth-order valence-corrected chi connectivity index (χ4v) is 1.96. The lowest BCUT2D eigenvalue weighted by Gasteiger charge is -2.18. The van der Waals surface area contributed by atoms with Crippen LogP contribution in [0.3, 0.4) is 0 Å². The summed E-state index contributed by atoms with van der Waals surface area (Å²) in [5.41, 5.74) is 1.29. The van der Waals surface area contributed by atoms with Crippen LogP contribution in [-0.2, 0) is 0 Å². The molecule has 0 unspecified atom stereocenters. The van der Waals surface area contributed by atoms with Gasteiger partial charge < -0.3 is 10.1 Å². The Bertz CT molecular complexity index is 380. The van der Waals surface area contributed by atoms with E-state index in [4.69, 9.17) is 11.2 Å². The van der Waals surface area contributed by atoms with Crippen molar-refractivity contribution in [1.82, 2.24) is 5.32 Å². The Morgan fingerprint density at radius 2 is 2.40 bits per heavy atom. The molecule has 0 bridgehead atoms. The first kappa shape index (κ1) is 10.1. The monoisotopic (exact) mass is 201 g/mol. The third kappa shape index (κ3) is 1.98. The number of ether oxygens (including phenoxy) is 1. The zero-order valence-corrected chi connectivity index (χ0v) is 8.86. The van der Waals surface area contributed by atoms with E-state index in [2.05, 4.69) is 30.3 Å². The lowest BCUT2D eigenvalue weighted by molar-refractivity contribution is 0.307. The predicted molar refractivity (Wildman–Crippen MR) is 61.0 cm³/mol. The molecule has 0 saturated heterocycles. The van der Waals surface area contributed by atoms with Crippen molar-refractivity contribution in [2.24, 2.45) is 0 Å². The van der Waals surface area contributed by atoms with E-state index in [-0.39, 0.29) is 0 Å². The third-order valence-corrected chi connectivity index (χ3v) is 2.87. The van der Waals surface area contributed by atoms with Gasteiger partial charge in [0.15, 0.2) is 0 Å². The SMILES string of the molecule is C#CCN[C@H](C)[C@@H]1COc2ccccc21. The highest BCUT2D eigenvalue weighted by Crippen LogP contribution is 2.35. The zero-order valence-electron chi connectivity index (χ0n) is 8.86. The van der Waals surface area contributed by atoms with Gasteiger partial charge in [0.1, 0.15) is 5.75 Å². The van der Waals surface area contributed by atoms with Gasteiger partial charge in [0.05, 0.1) is 13.2 Å². The number of terminal acetylenes is 1. The van der Waals surface area contributed by atoms with Gasteiger partial charge >= 0.3 is 0 Å². The Morgan fingerprint density at radius 3 is 3.20 bits per heavy atom. The number of benzene rings is 1. The normalized spacial score (nSPS) is 20.1. The van der Waals surface area contributed by atoms with Gasteiger partial charge in [-0.15, -0.1) is 6.42 Å². The molecule has 2 nitrogen and oxygen atoms in total. The van der Waals surface area contributed by atoms with Crippen LogP contribution in [0.15, 0.2) is 24.3 Å². The van der Waals surface area contributed by atoms with E-state index in [1.54, 1.807) is 0 Å². The van der Waals surface area contributed by atoms with Gasteiger partial charge in [-0.05, 0) is 13.0 Å². The van der Waals surface area contributed by atoms with E-state index < -0.39 is 0 Å². The summed E-state index contributed by atoms with van der Waals surface area (Å²) in [6.07, 6.45) is 5.23. The van der Waals surface area contributed by atoms with Crippen LogP contribution in [0.2, 0.25) is 0 Å². The molecule has 2 heteroatoms. The predicted octanol–water partition coefficient (Wildman–Crippen LogP) is 1.77. The summed E-state index contributed by atoms with van der Waals surface area (Å²) < 4.78 is 5.62. The molecule has 78 valence electrons. The molecule has 0 spiro atoms. The van der Waals surface area contributed by atoms with E-state index in [1.807, 2.05) is 12.1 Å². The molecule has 0 radical (unpaired) electrons.